The van der Waals surface area contributed by atoms with Crippen LogP contribution in [0.25, 0.3) is 22.6 Å². The fraction of sp³-hybridized carbons (Fsp3) is 0.296. The predicted octanol–water partition coefficient (Wildman–Crippen LogP) is 6.32. The van der Waals surface area contributed by atoms with E-state index in [1.807, 2.05) is 30.3 Å². The summed E-state index contributed by atoms with van der Waals surface area (Å²) in [5.41, 5.74) is 10.7. The molecule has 0 fully saturated rings. The molecule has 6 heteroatoms. The van der Waals surface area contributed by atoms with Gasteiger partial charge in [0.25, 0.3) is 0 Å². The van der Waals surface area contributed by atoms with E-state index in [4.69, 9.17) is 5.41 Å². The Morgan fingerprint density at radius 3 is 2.39 bits per heavy atom. The summed E-state index contributed by atoms with van der Waals surface area (Å²) in [4.78, 5) is 12.5. The van der Waals surface area contributed by atoms with Crippen molar-refractivity contribution in [3.05, 3.63) is 76.5 Å². The molecule has 2 aromatic carbocycles. The second-order valence-electron chi connectivity index (χ2n) is 8.39. The minimum atomic E-state index is 0.643. The average molecular weight is 484 g/mol. The number of aromatic amines is 1. The van der Waals surface area contributed by atoms with Gasteiger partial charge in [-0.05, 0) is 43.0 Å². The largest absolute Gasteiger partial charge is 0.337 e. The first kappa shape index (κ1) is 23.2. The monoisotopic (exact) mass is 483 g/mol. The minimum Gasteiger partial charge on any atom is -0.337 e. The van der Waals surface area contributed by atoms with E-state index >= 15 is 0 Å². The molecule has 1 aliphatic carbocycles. The number of nitrogens with one attached hydrogen (secondary N) is 3. The van der Waals surface area contributed by atoms with Crippen molar-refractivity contribution in [1.29, 1.82) is 5.41 Å². The second kappa shape index (κ2) is 10.3. The van der Waals surface area contributed by atoms with Crippen LogP contribution in [-0.4, -0.2) is 20.7 Å². The Bertz CT molecular complexity index is 1230. The van der Waals surface area contributed by atoms with E-state index in [2.05, 4.69) is 74.2 Å². The molecule has 33 heavy (non-hydrogen) atoms. The van der Waals surface area contributed by atoms with E-state index in [0.29, 0.717) is 5.71 Å². The van der Waals surface area contributed by atoms with Crippen molar-refractivity contribution < 1.29 is 16.0 Å². The molecule has 0 amide bonds. The summed E-state index contributed by atoms with van der Waals surface area (Å²) in [6.45, 7) is 6.48. The third-order valence-electron chi connectivity index (χ3n) is 6.06. The molecule has 2 heterocycles. The van der Waals surface area contributed by atoms with Crippen LogP contribution in [0.2, 0.25) is 0 Å². The molecule has 0 aliphatic heterocycles. The Kier molecular flexibility index (Phi) is 7.25. The number of H-pyrrole nitrogens is 1. The van der Waals surface area contributed by atoms with E-state index in [-0.39, 0.29) is 0 Å². The normalized spacial score (nSPS) is 12.8. The maximum Gasteiger partial charge on any atom is 0.157 e. The maximum atomic E-state index is 8.04. The van der Waals surface area contributed by atoms with E-state index < -0.39 is 0 Å². The summed E-state index contributed by atoms with van der Waals surface area (Å²) in [6, 6.07) is 16.5. The molecule has 0 radical (unpaired) electrons. The third-order valence-corrected chi connectivity index (χ3v) is 6.32. The molecule has 0 saturated heterocycles. The van der Waals surface area contributed by atoms with Gasteiger partial charge in [-0.3, -0.25) is 0 Å². The smallest absolute Gasteiger partial charge is 0.157 e. The summed E-state index contributed by atoms with van der Waals surface area (Å²) in [5, 5.41) is 8.04. The first-order valence-corrected chi connectivity index (χ1v) is 12.1. The van der Waals surface area contributed by atoms with Gasteiger partial charge in [0.2, 0.25) is 0 Å². The molecule has 2 aromatic heterocycles. The number of aryl methyl sites for hydroxylation is 4. The van der Waals surface area contributed by atoms with Gasteiger partial charge in [0.1, 0.15) is 5.69 Å². The Morgan fingerprint density at radius 1 is 1.00 bits per heavy atom. The molecule has 0 atom stereocenters. The fourth-order valence-corrected chi connectivity index (χ4v) is 4.67. The molecular weight excluding hydrogens is 453 g/mol. The van der Waals surface area contributed by atoms with Crippen LogP contribution in [0, 0.1) is 12.3 Å². The molecule has 1 aliphatic rings. The third kappa shape index (κ3) is 5.02. The number of rotatable bonds is 4. The van der Waals surface area contributed by atoms with E-state index in [1.54, 1.807) is 0 Å². The number of hydrogen-bond acceptors (Lipinski definition) is 4. The molecule has 172 valence electrons. The molecule has 5 nitrogen and oxygen atoms in total. The van der Waals surface area contributed by atoms with Crippen LogP contribution in [-0.2, 0) is 35.2 Å². The first-order chi connectivity index (χ1) is 16.0. The fourth-order valence-electron chi connectivity index (χ4n) is 4.34. The second-order valence-corrected chi connectivity index (χ2v) is 8.65. The number of nitrogens with zero attached hydrogens (tertiary/aromatic N) is 2. The van der Waals surface area contributed by atoms with Crippen LogP contribution in [0.5, 0.6) is 0 Å². The van der Waals surface area contributed by atoms with Crippen LogP contribution in [0.15, 0.2) is 48.5 Å². The molecule has 3 N–H and O–H groups in total. The Hall–Kier alpha value is -2.96. The topological polar surface area (TPSA) is 77.5 Å². The van der Waals surface area contributed by atoms with Crippen molar-refractivity contribution in [3.8, 4) is 11.5 Å². The molecule has 0 unspecified atom stereocenters. The van der Waals surface area contributed by atoms with Gasteiger partial charge in [-0.25, -0.2) is 9.97 Å². The van der Waals surface area contributed by atoms with Crippen molar-refractivity contribution in [1.82, 2.24) is 15.0 Å². The van der Waals surface area contributed by atoms with Gasteiger partial charge in [-0.15, -0.1) is 0 Å². The predicted molar refractivity (Wildman–Crippen MR) is 133 cm³/mol. The van der Waals surface area contributed by atoms with Crippen molar-refractivity contribution in [3.63, 3.8) is 0 Å². The van der Waals surface area contributed by atoms with Crippen LogP contribution in [0.3, 0.4) is 0 Å². The van der Waals surface area contributed by atoms with Gasteiger partial charge in [0.05, 0.1) is 22.4 Å². The van der Waals surface area contributed by atoms with Crippen LogP contribution < -0.4 is 4.37 Å². The van der Waals surface area contributed by atoms with Crippen LogP contribution in [0.4, 0.5) is 5.69 Å². The Balaban J connectivity index is 0.000000174. The SMILES string of the molecule is CCc1cc(C)cc(CC)c1[NH][Co].N=C1CCCc2ccc(-c3nc4ccccc4[nH]3)nc21. The van der Waals surface area contributed by atoms with Gasteiger partial charge in [0, 0.05) is 0 Å². The zero-order valence-electron chi connectivity index (χ0n) is 19.4. The minimum absolute atomic E-state index is 0.643. The molecule has 0 saturated carbocycles. The number of aromatic nitrogens is 3. The first-order valence-electron chi connectivity index (χ1n) is 11.5. The van der Waals surface area contributed by atoms with Crippen molar-refractivity contribution in [2.24, 2.45) is 0 Å². The molecule has 0 spiro atoms. The van der Waals surface area contributed by atoms with Gasteiger partial charge in [0.15, 0.2) is 5.82 Å². The van der Waals surface area contributed by atoms with E-state index in [1.165, 1.54) is 27.9 Å². The van der Waals surface area contributed by atoms with E-state index in [0.717, 1.165) is 60.3 Å². The van der Waals surface area contributed by atoms with Crippen LogP contribution in [0.1, 0.15) is 54.6 Å². The number of anilines is 1. The summed E-state index contributed by atoms with van der Waals surface area (Å²) in [7, 11) is 0. The number of para-hydroxylation sites is 2. The van der Waals surface area contributed by atoms with Crippen molar-refractivity contribution in [2.45, 2.75) is 52.9 Å². The maximum absolute atomic E-state index is 8.04. The molecule has 4 aromatic rings. The van der Waals surface area contributed by atoms with E-state index in [9.17, 15) is 0 Å². The summed E-state index contributed by atoms with van der Waals surface area (Å²) in [6.07, 6.45) is 5.00. The Morgan fingerprint density at radius 2 is 1.73 bits per heavy atom. The van der Waals surface area contributed by atoms with Gasteiger partial charge < -0.3 is 10.4 Å². The number of hydrogen-bond donors (Lipinski definition) is 3. The number of benzene rings is 2. The molecular formula is C27H30CoN5. The molecule has 5 rings (SSSR count). The quantitative estimate of drug-likeness (QED) is 0.318. The standard InChI is InChI=1S/C16H14N4.C11H16N.Co/c17-11-5-3-4-10-8-9-14(18-15(10)11)16-19-12-6-1-2-7-13(12)20-16;1-4-9-6-8(3)7-10(5-2)11(9)12;/h1-2,6-9,17H,3-5H2,(H,19,20);6-7,12H,4-5H2,1-3H3;/q;-1;+1. The van der Waals surface area contributed by atoms with Gasteiger partial charge in [-0.1, -0.05) is 18.2 Å². The summed E-state index contributed by atoms with van der Waals surface area (Å²) in [5.74, 6) is 0.771. The van der Waals surface area contributed by atoms with Crippen LogP contribution >= 0.6 is 0 Å². The zero-order valence-corrected chi connectivity index (χ0v) is 20.4. The summed E-state index contributed by atoms with van der Waals surface area (Å²) >= 11 is 4.19. The number of fused-ring (bicyclic) bond motifs is 2. The van der Waals surface area contributed by atoms with Gasteiger partial charge >= 0.3 is 88.4 Å². The zero-order chi connectivity index (χ0) is 23.4. The Labute approximate surface area is 203 Å². The molecule has 0 bridgehead atoms. The number of imidazole rings is 1. The van der Waals surface area contributed by atoms with Crippen molar-refractivity contribution >= 4 is 22.4 Å². The number of pyridine rings is 1. The van der Waals surface area contributed by atoms with Gasteiger partial charge in [-0.2, -0.15) is 0 Å². The average Bonchev–Trinajstić information content (AvgIpc) is 3.28. The summed E-state index contributed by atoms with van der Waals surface area (Å²) < 4.78 is 2.98. The van der Waals surface area contributed by atoms with Crippen molar-refractivity contribution in [2.75, 3.05) is 4.37 Å².